The molecule has 212 valence electrons. The van der Waals surface area contributed by atoms with Crippen LogP contribution in [-0.2, 0) is 22.6 Å². The molecule has 2 aromatic rings. The Bertz CT molecular complexity index is 1090. The summed E-state index contributed by atoms with van der Waals surface area (Å²) < 4.78 is 0. The smallest absolute Gasteiger partial charge is 0.245 e. The van der Waals surface area contributed by atoms with Crippen molar-refractivity contribution in [2.75, 3.05) is 39.3 Å². The van der Waals surface area contributed by atoms with Crippen LogP contribution in [0.4, 0.5) is 0 Å². The summed E-state index contributed by atoms with van der Waals surface area (Å²) in [6, 6.07) is 15.0. The molecule has 1 unspecified atom stereocenters. The predicted molar refractivity (Wildman–Crippen MR) is 158 cm³/mol. The number of amides is 2. The second-order valence-corrected chi connectivity index (χ2v) is 11.6. The lowest BCUT2D eigenvalue weighted by Crippen LogP contribution is -2.63. The summed E-state index contributed by atoms with van der Waals surface area (Å²) in [6.45, 7) is 4.95. The summed E-state index contributed by atoms with van der Waals surface area (Å²) in [5.74, 6) is -0.309. The van der Waals surface area contributed by atoms with Gasteiger partial charge in [0.1, 0.15) is 6.04 Å². The number of hydrogen-bond acceptors (Lipinski definition) is 5. The maximum Gasteiger partial charge on any atom is 0.245 e. The molecule has 2 aliphatic rings. The Hall–Kier alpha value is -2.16. The minimum atomic E-state index is -0.703. The van der Waals surface area contributed by atoms with E-state index >= 15 is 0 Å². The highest BCUT2D eigenvalue weighted by atomic mass is 35.5. The fourth-order valence-corrected chi connectivity index (χ4v) is 6.46. The van der Waals surface area contributed by atoms with E-state index < -0.39 is 6.04 Å². The van der Waals surface area contributed by atoms with E-state index in [0.717, 1.165) is 31.7 Å². The summed E-state index contributed by atoms with van der Waals surface area (Å²) in [4.78, 5) is 30.6. The maximum absolute atomic E-state index is 13.7. The van der Waals surface area contributed by atoms with Crippen LogP contribution in [0.3, 0.4) is 0 Å². The zero-order valence-corrected chi connectivity index (χ0v) is 24.2. The van der Waals surface area contributed by atoms with E-state index in [1.807, 2.05) is 17.0 Å². The minimum Gasteiger partial charge on any atom is -0.344 e. The topological polar surface area (TPSA) is 90.7 Å². The van der Waals surface area contributed by atoms with Gasteiger partial charge in [-0.15, -0.1) is 0 Å². The first-order valence-corrected chi connectivity index (χ1v) is 14.9. The van der Waals surface area contributed by atoms with Gasteiger partial charge in [0.05, 0.1) is 0 Å². The number of halogens is 2. The van der Waals surface area contributed by atoms with E-state index in [-0.39, 0.29) is 30.3 Å². The molecule has 1 heterocycles. The van der Waals surface area contributed by atoms with Crippen LogP contribution in [-0.4, -0.2) is 72.5 Å². The number of benzene rings is 2. The van der Waals surface area contributed by atoms with Gasteiger partial charge in [0.25, 0.3) is 0 Å². The van der Waals surface area contributed by atoms with Crippen molar-refractivity contribution in [2.45, 2.75) is 63.1 Å². The average Bonchev–Trinajstić information content (AvgIpc) is 2.95. The second kappa shape index (κ2) is 14.5. The second-order valence-electron chi connectivity index (χ2n) is 10.8. The molecule has 9 heteroatoms. The van der Waals surface area contributed by atoms with Gasteiger partial charge < -0.3 is 21.3 Å². The summed E-state index contributed by atoms with van der Waals surface area (Å²) in [5.41, 5.74) is 7.77. The van der Waals surface area contributed by atoms with E-state index in [1.165, 1.54) is 37.7 Å². The lowest BCUT2D eigenvalue weighted by Gasteiger charge is -2.50. The quantitative estimate of drug-likeness (QED) is 0.378. The van der Waals surface area contributed by atoms with Gasteiger partial charge in [-0.3, -0.25) is 14.5 Å². The van der Waals surface area contributed by atoms with E-state index in [9.17, 15) is 9.59 Å². The lowest BCUT2D eigenvalue weighted by atomic mass is 9.79. The van der Waals surface area contributed by atoms with Crippen molar-refractivity contribution >= 4 is 35.0 Å². The van der Waals surface area contributed by atoms with Crippen molar-refractivity contribution in [1.29, 1.82) is 0 Å². The van der Waals surface area contributed by atoms with Crippen molar-refractivity contribution in [2.24, 2.45) is 5.73 Å². The molecule has 0 spiro atoms. The first-order chi connectivity index (χ1) is 18.9. The Balaban J connectivity index is 1.40. The first kappa shape index (κ1) is 29.8. The molecule has 0 aromatic heterocycles. The van der Waals surface area contributed by atoms with Gasteiger partial charge in [-0.25, -0.2) is 0 Å². The molecule has 1 atom stereocenters. The number of nitrogens with one attached hydrogen (secondary N) is 2. The molecule has 1 aliphatic carbocycles. The number of rotatable bonds is 11. The monoisotopic (exact) mass is 573 g/mol. The molecular formula is C30H41Cl2N5O2. The van der Waals surface area contributed by atoms with E-state index in [1.54, 1.807) is 12.1 Å². The van der Waals surface area contributed by atoms with Crippen molar-refractivity contribution in [3.05, 3.63) is 69.7 Å². The third-order valence-corrected chi connectivity index (χ3v) is 8.70. The first-order valence-electron chi connectivity index (χ1n) is 14.1. The molecule has 2 aromatic carbocycles. The van der Waals surface area contributed by atoms with Crippen LogP contribution in [0.1, 0.15) is 49.7 Å². The van der Waals surface area contributed by atoms with Crippen LogP contribution in [0.2, 0.25) is 10.0 Å². The van der Waals surface area contributed by atoms with E-state index in [4.69, 9.17) is 28.9 Å². The normalized spacial score (nSPS) is 18.5. The Morgan fingerprint density at radius 2 is 1.69 bits per heavy atom. The zero-order chi connectivity index (χ0) is 27.7. The van der Waals surface area contributed by atoms with Crippen molar-refractivity contribution in [3.63, 3.8) is 0 Å². The molecule has 0 radical (unpaired) electrons. The SMILES string of the molecule is NCCC(=O)NC(Cc1ccc(Cl)cc1Cl)C(=O)N1CCN(C2(CNCc3ccccc3)CCCCC2)CC1. The number of carbonyl (C=O) groups is 2. The van der Waals surface area contributed by atoms with E-state index in [2.05, 4.69) is 39.8 Å². The van der Waals surface area contributed by atoms with Gasteiger partial charge in [-0.2, -0.15) is 0 Å². The molecule has 4 N–H and O–H groups in total. The molecule has 0 bridgehead atoms. The van der Waals surface area contributed by atoms with Crippen LogP contribution in [0, 0.1) is 0 Å². The molecular weight excluding hydrogens is 533 g/mol. The standard InChI is InChI=1S/C30H41Cl2N5O2/c31-25-10-9-24(26(32)20-25)19-27(35-28(38)11-14-33)29(39)36-15-17-37(18-16-36)30(12-5-2-6-13-30)22-34-21-23-7-3-1-4-8-23/h1,3-4,7-10,20,27,34H,2,5-6,11-19,21-22,33H2,(H,35,38). The molecule has 1 saturated heterocycles. The molecule has 39 heavy (non-hydrogen) atoms. The van der Waals surface area contributed by atoms with Gasteiger partial charge in [-0.05, 0) is 36.1 Å². The van der Waals surface area contributed by atoms with Crippen molar-refractivity contribution in [1.82, 2.24) is 20.4 Å². The highest BCUT2D eigenvalue weighted by molar-refractivity contribution is 6.35. The molecule has 2 fully saturated rings. The van der Waals surface area contributed by atoms with Crippen LogP contribution in [0.15, 0.2) is 48.5 Å². The maximum atomic E-state index is 13.7. The number of piperazine rings is 1. The van der Waals surface area contributed by atoms with Crippen LogP contribution < -0.4 is 16.4 Å². The molecule has 7 nitrogen and oxygen atoms in total. The Labute approximate surface area is 242 Å². The molecule has 2 amide bonds. The van der Waals surface area contributed by atoms with Crippen molar-refractivity contribution in [3.8, 4) is 0 Å². The molecule has 4 rings (SSSR count). The fraction of sp³-hybridized carbons (Fsp3) is 0.533. The lowest BCUT2D eigenvalue weighted by molar-refractivity contribution is -0.139. The van der Waals surface area contributed by atoms with Gasteiger partial charge in [0.15, 0.2) is 0 Å². The number of nitrogens with two attached hydrogens (primary N) is 1. The molecule has 1 saturated carbocycles. The number of hydrogen-bond donors (Lipinski definition) is 3. The van der Waals surface area contributed by atoms with E-state index in [0.29, 0.717) is 29.6 Å². The van der Waals surface area contributed by atoms with Gasteiger partial charge in [0.2, 0.25) is 11.8 Å². The highest BCUT2D eigenvalue weighted by Crippen LogP contribution is 2.34. The Morgan fingerprint density at radius 3 is 2.36 bits per heavy atom. The fourth-order valence-electron chi connectivity index (χ4n) is 5.98. The van der Waals surface area contributed by atoms with Crippen LogP contribution in [0.5, 0.6) is 0 Å². The molecule has 1 aliphatic heterocycles. The number of nitrogens with zero attached hydrogens (tertiary/aromatic N) is 2. The third-order valence-electron chi connectivity index (χ3n) is 8.12. The number of carbonyl (C=O) groups excluding carboxylic acids is 2. The van der Waals surface area contributed by atoms with Crippen molar-refractivity contribution < 1.29 is 9.59 Å². The summed E-state index contributed by atoms with van der Waals surface area (Å²) in [5, 5.41) is 7.65. The Kier molecular flexibility index (Phi) is 11.1. The zero-order valence-electron chi connectivity index (χ0n) is 22.6. The largest absolute Gasteiger partial charge is 0.344 e. The van der Waals surface area contributed by atoms with Gasteiger partial charge in [-0.1, -0.05) is 78.9 Å². The van der Waals surface area contributed by atoms with Gasteiger partial charge >= 0.3 is 0 Å². The summed E-state index contributed by atoms with van der Waals surface area (Å²) >= 11 is 12.5. The Morgan fingerprint density at radius 1 is 0.974 bits per heavy atom. The highest BCUT2D eigenvalue weighted by Gasteiger charge is 2.40. The van der Waals surface area contributed by atoms with Crippen LogP contribution >= 0.6 is 23.2 Å². The summed E-state index contributed by atoms with van der Waals surface area (Å²) in [6.07, 6.45) is 6.59. The third kappa shape index (κ3) is 8.18. The van der Waals surface area contributed by atoms with Gasteiger partial charge in [0, 0.05) is 74.2 Å². The summed E-state index contributed by atoms with van der Waals surface area (Å²) in [7, 11) is 0. The minimum absolute atomic E-state index is 0.0778. The van der Waals surface area contributed by atoms with Crippen LogP contribution in [0.25, 0.3) is 0 Å². The average molecular weight is 575 g/mol. The predicted octanol–water partition coefficient (Wildman–Crippen LogP) is 4.01.